The van der Waals surface area contributed by atoms with Gasteiger partial charge in [-0.1, -0.05) is 48.5 Å². The van der Waals surface area contributed by atoms with Crippen molar-refractivity contribution < 1.29 is 29.3 Å². The number of rotatable bonds is 8. The number of nitrogens with zero attached hydrogens (tertiary/aromatic N) is 4. The number of benzene rings is 4. The van der Waals surface area contributed by atoms with E-state index in [9.17, 15) is 19.8 Å². The van der Waals surface area contributed by atoms with Gasteiger partial charge in [-0.05, 0) is 95.1 Å². The molecule has 316 valence electrons. The number of hydrogen-bond acceptors (Lipinski definition) is 10. The Morgan fingerprint density at radius 1 is 0.438 bits per heavy atom. The predicted octanol–water partition coefficient (Wildman–Crippen LogP) is 9.21. The third-order valence-corrected chi connectivity index (χ3v) is 11.2. The number of phenolic OH excluding ortho intramolecular Hbond substituents is 2. The Bertz CT molecular complexity index is 2750. The average molecular weight is 847 g/mol. The number of pyridine rings is 4. The number of phenols is 2. The van der Waals surface area contributed by atoms with Crippen LogP contribution in [0.2, 0.25) is 0 Å². The third-order valence-electron chi connectivity index (χ3n) is 11.2. The maximum absolute atomic E-state index is 13.9. The van der Waals surface area contributed by atoms with Gasteiger partial charge in [0, 0.05) is 95.2 Å². The highest BCUT2D eigenvalue weighted by atomic mass is 16.5. The molecule has 4 heterocycles. The summed E-state index contributed by atoms with van der Waals surface area (Å²) in [4.78, 5) is 45.3. The van der Waals surface area contributed by atoms with Crippen LogP contribution in [0, 0.1) is 0 Å². The van der Waals surface area contributed by atoms with Crippen LogP contribution in [-0.4, -0.2) is 56.2 Å². The van der Waals surface area contributed by atoms with Crippen molar-refractivity contribution in [1.82, 2.24) is 19.9 Å². The van der Waals surface area contributed by atoms with Gasteiger partial charge in [-0.25, -0.2) is 0 Å². The zero-order valence-corrected chi connectivity index (χ0v) is 35.0. The summed E-state index contributed by atoms with van der Waals surface area (Å²) < 4.78 is 12.2. The van der Waals surface area contributed by atoms with Crippen LogP contribution in [0.5, 0.6) is 23.0 Å². The van der Waals surface area contributed by atoms with Gasteiger partial charge in [-0.3, -0.25) is 29.5 Å². The van der Waals surface area contributed by atoms with Crippen LogP contribution in [0.25, 0.3) is 22.8 Å². The Morgan fingerprint density at radius 2 is 0.797 bits per heavy atom. The molecule has 0 aliphatic heterocycles. The van der Waals surface area contributed by atoms with Gasteiger partial charge in [0.15, 0.2) is 0 Å². The standard InChI is InChI=1S/C52H42N6O6/c1-63-49-37-21-31-9-7-11-33(47(31)59)23-39-27-42(58-52(62)36-16-20-56-46(30-36)44-14-4-6-18-54-44)28-40(50(39)64-2)24-34-12-8-10-32(48(34)60)22-38(49)26-41(25-37)57-51(61)35-15-19-55-45(29-35)43-13-3-5-17-53-43/h3-20,25-30,59-60H,21-24H2,1-2H3,(H,57,61)(H,58,62). The number of methoxy groups -OCH3 is 2. The summed E-state index contributed by atoms with van der Waals surface area (Å²) in [7, 11) is 3.18. The lowest BCUT2D eigenvalue weighted by Gasteiger charge is -2.21. The van der Waals surface area contributed by atoms with Crippen LogP contribution >= 0.6 is 0 Å². The minimum Gasteiger partial charge on any atom is -0.507 e. The number of aromatic hydroxyl groups is 2. The van der Waals surface area contributed by atoms with Crippen molar-refractivity contribution in [2.45, 2.75) is 25.7 Å². The van der Waals surface area contributed by atoms with Crippen LogP contribution in [-0.2, 0) is 25.7 Å². The predicted molar refractivity (Wildman–Crippen MR) is 244 cm³/mol. The topological polar surface area (TPSA) is 169 Å². The summed E-state index contributed by atoms with van der Waals surface area (Å²) in [6, 6.07) is 36.3. The molecule has 2 amide bonds. The van der Waals surface area contributed by atoms with E-state index in [2.05, 4.69) is 30.6 Å². The first-order valence-corrected chi connectivity index (χ1v) is 20.6. The van der Waals surface area contributed by atoms with Crippen LogP contribution in [0.3, 0.4) is 0 Å². The molecule has 1 aliphatic rings. The van der Waals surface area contributed by atoms with E-state index < -0.39 is 0 Å². The highest BCUT2D eigenvalue weighted by Crippen LogP contribution is 2.40. The maximum Gasteiger partial charge on any atom is 0.255 e. The quantitative estimate of drug-likeness (QED) is 0.116. The number of ether oxygens (including phenoxy) is 2. The summed E-state index contributed by atoms with van der Waals surface area (Å²) in [5.74, 6) is 0.611. The van der Waals surface area contributed by atoms with Gasteiger partial charge in [-0.2, -0.15) is 0 Å². The van der Waals surface area contributed by atoms with Crippen molar-refractivity contribution in [1.29, 1.82) is 0 Å². The molecule has 0 radical (unpaired) electrons. The number of para-hydroxylation sites is 2. The molecule has 0 unspecified atom stereocenters. The van der Waals surface area contributed by atoms with Crippen molar-refractivity contribution in [3.05, 3.63) is 202 Å². The summed E-state index contributed by atoms with van der Waals surface area (Å²) >= 11 is 0. The second kappa shape index (κ2) is 17.9. The number of fused-ring (bicyclic) bond motifs is 8. The second-order valence-corrected chi connectivity index (χ2v) is 15.4. The molecule has 0 fully saturated rings. The molecule has 12 nitrogen and oxygen atoms in total. The number of nitrogens with one attached hydrogen (secondary N) is 2. The number of anilines is 2. The molecule has 4 N–H and O–H groups in total. The zero-order valence-electron chi connectivity index (χ0n) is 35.0. The zero-order chi connectivity index (χ0) is 44.2. The summed E-state index contributed by atoms with van der Waals surface area (Å²) in [5, 5.41) is 30.1. The molecule has 8 bridgehead atoms. The number of amides is 2. The molecule has 1 aliphatic carbocycles. The fraction of sp³-hybridized carbons (Fsp3) is 0.115. The highest BCUT2D eigenvalue weighted by molar-refractivity contribution is 6.05. The maximum atomic E-state index is 13.9. The Hall–Kier alpha value is -8.38. The molecule has 4 aromatic heterocycles. The van der Waals surface area contributed by atoms with Crippen molar-refractivity contribution in [3.8, 4) is 45.8 Å². The van der Waals surface area contributed by atoms with Crippen molar-refractivity contribution in [2.24, 2.45) is 0 Å². The van der Waals surface area contributed by atoms with E-state index in [1.54, 1.807) is 63.3 Å². The average Bonchev–Trinajstić information content (AvgIpc) is 3.32. The van der Waals surface area contributed by atoms with Crippen molar-refractivity contribution in [2.75, 3.05) is 24.9 Å². The molecule has 9 rings (SSSR count). The van der Waals surface area contributed by atoms with Gasteiger partial charge in [0.25, 0.3) is 11.8 Å². The molecule has 8 aromatic rings. The number of carbonyl (C=O) groups is 2. The van der Waals surface area contributed by atoms with Crippen LogP contribution in [0.4, 0.5) is 11.4 Å². The van der Waals surface area contributed by atoms with Gasteiger partial charge in [-0.15, -0.1) is 0 Å². The van der Waals surface area contributed by atoms with Crippen LogP contribution in [0.15, 0.2) is 146 Å². The molecule has 0 saturated heterocycles. The van der Waals surface area contributed by atoms with Gasteiger partial charge in [0.1, 0.15) is 23.0 Å². The molecule has 0 spiro atoms. The number of hydrogen-bond donors (Lipinski definition) is 4. The van der Waals surface area contributed by atoms with E-state index in [0.29, 0.717) is 101 Å². The van der Waals surface area contributed by atoms with E-state index in [1.807, 2.05) is 97.1 Å². The Kier molecular flexibility index (Phi) is 11.5. The van der Waals surface area contributed by atoms with Gasteiger partial charge in [0.2, 0.25) is 0 Å². The summed E-state index contributed by atoms with van der Waals surface area (Å²) in [5.41, 5.74) is 9.57. The Balaban J connectivity index is 1.10. The fourth-order valence-electron chi connectivity index (χ4n) is 8.24. The SMILES string of the molecule is COc1c2cc(NC(=O)c3ccnc(-c4ccccn4)c3)cc1Cc1cccc(c1O)Cc1cc(NC(=O)c3ccnc(-c4ccccn4)c3)cc(c1OC)Cc1cccc(c1O)C2. The second-order valence-electron chi connectivity index (χ2n) is 15.4. The van der Waals surface area contributed by atoms with E-state index in [-0.39, 0.29) is 49.0 Å². The third kappa shape index (κ3) is 8.57. The van der Waals surface area contributed by atoms with Crippen molar-refractivity contribution >= 4 is 23.2 Å². The number of carbonyl (C=O) groups excluding carboxylic acids is 2. The molecular formula is C52H42N6O6. The summed E-state index contributed by atoms with van der Waals surface area (Å²) in [6.07, 6.45) is 7.49. The lowest BCUT2D eigenvalue weighted by molar-refractivity contribution is 0.101. The van der Waals surface area contributed by atoms with Crippen LogP contribution < -0.4 is 20.1 Å². The van der Waals surface area contributed by atoms with E-state index in [0.717, 1.165) is 0 Å². The van der Waals surface area contributed by atoms with Gasteiger partial charge >= 0.3 is 0 Å². The monoisotopic (exact) mass is 846 g/mol. The lowest BCUT2D eigenvalue weighted by Crippen LogP contribution is -2.14. The van der Waals surface area contributed by atoms with Crippen molar-refractivity contribution in [3.63, 3.8) is 0 Å². The van der Waals surface area contributed by atoms with Crippen LogP contribution in [0.1, 0.15) is 65.2 Å². The number of aromatic nitrogens is 4. The molecular weight excluding hydrogens is 805 g/mol. The van der Waals surface area contributed by atoms with E-state index in [1.165, 1.54) is 0 Å². The first-order valence-electron chi connectivity index (χ1n) is 20.6. The fourth-order valence-corrected chi connectivity index (χ4v) is 8.24. The van der Waals surface area contributed by atoms with E-state index in [4.69, 9.17) is 9.47 Å². The molecule has 12 heteroatoms. The first kappa shape index (κ1) is 41.0. The molecule has 64 heavy (non-hydrogen) atoms. The molecule has 0 saturated carbocycles. The largest absolute Gasteiger partial charge is 0.507 e. The highest BCUT2D eigenvalue weighted by Gasteiger charge is 2.23. The Morgan fingerprint density at radius 3 is 1.12 bits per heavy atom. The lowest BCUT2D eigenvalue weighted by atomic mass is 9.91. The van der Waals surface area contributed by atoms with Gasteiger partial charge < -0.3 is 30.3 Å². The molecule has 4 aromatic carbocycles. The summed E-state index contributed by atoms with van der Waals surface area (Å²) in [6.45, 7) is 0. The van der Waals surface area contributed by atoms with E-state index >= 15 is 0 Å². The normalized spacial score (nSPS) is 11.9. The first-order chi connectivity index (χ1) is 31.2. The van der Waals surface area contributed by atoms with Gasteiger partial charge in [0.05, 0.1) is 37.0 Å². The molecule has 0 atom stereocenters. The minimum atomic E-state index is -0.348. The smallest absolute Gasteiger partial charge is 0.255 e. The minimum absolute atomic E-state index is 0.0891. The Labute approximate surface area is 369 Å².